The van der Waals surface area contributed by atoms with Crippen LogP contribution in [-0.2, 0) is 17.6 Å². The van der Waals surface area contributed by atoms with Crippen molar-refractivity contribution in [2.45, 2.75) is 19.3 Å². The number of carbonyl (C=O) groups is 1. The van der Waals surface area contributed by atoms with Gasteiger partial charge in [-0.15, -0.1) is 0 Å². The van der Waals surface area contributed by atoms with Gasteiger partial charge in [0.05, 0.1) is 18.6 Å². The van der Waals surface area contributed by atoms with E-state index >= 15 is 0 Å². The molecule has 0 bridgehead atoms. The number of carbonyl (C=O) groups excluding carboxylic acids is 1. The summed E-state index contributed by atoms with van der Waals surface area (Å²) in [4.78, 5) is 19.5. The molecule has 0 spiro atoms. The molecule has 1 aliphatic carbocycles. The normalized spacial score (nSPS) is 17.0. The predicted octanol–water partition coefficient (Wildman–Crippen LogP) is 1.71. The third-order valence-electron chi connectivity index (χ3n) is 3.77. The maximum Gasteiger partial charge on any atom is 0.223 e. The minimum atomic E-state index is 0.0367. The number of nitrogens with one attached hydrogen (secondary N) is 2. The number of fused-ring (bicyclic) bond motifs is 1. The van der Waals surface area contributed by atoms with Crippen LogP contribution < -0.4 is 10.1 Å². The highest BCUT2D eigenvalue weighted by Crippen LogP contribution is 2.22. The molecule has 1 atom stereocenters. The van der Waals surface area contributed by atoms with Gasteiger partial charge in [-0.2, -0.15) is 0 Å². The van der Waals surface area contributed by atoms with Crippen LogP contribution >= 0.6 is 0 Å². The first-order valence-electron chi connectivity index (χ1n) is 7.29. The Morgan fingerprint density at radius 3 is 3.10 bits per heavy atom. The predicted molar refractivity (Wildman–Crippen MR) is 79.0 cm³/mol. The topological polar surface area (TPSA) is 67.0 Å². The van der Waals surface area contributed by atoms with Gasteiger partial charge in [0.2, 0.25) is 5.91 Å². The van der Waals surface area contributed by atoms with Crippen molar-refractivity contribution in [3.05, 3.63) is 48.0 Å². The smallest absolute Gasteiger partial charge is 0.223 e. The molecule has 1 aliphatic rings. The van der Waals surface area contributed by atoms with Crippen LogP contribution in [0.5, 0.6) is 5.75 Å². The number of H-pyrrole nitrogens is 1. The molecule has 2 N–H and O–H groups in total. The fourth-order valence-corrected chi connectivity index (χ4v) is 2.63. The highest BCUT2D eigenvalue weighted by molar-refractivity contribution is 5.79. The van der Waals surface area contributed by atoms with Crippen molar-refractivity contribution in [2.75, 3.05) is 13.2 Å². The molecule has 1 aromatic carbocycles. The first kappa shape index (κ1) is 13.7. The van der Waals surface area contributed by atoms with Gasteiger partial charge in [0.25, 0.3) is 0 Å². The monoisotopic (exact) mass is 285 g/mol. The van der Waals surface area contributed by atoms with Crippen molar-refractivity contribution in [1.29, 1.82) is 0 Å². The van der Waals surface area contributed by atoms with Crippen LogP contribution in [0.25, 0.3) is 0 Å². The maximum atomic E-state index is 12.1. The fraction of sp³-hybridized carbons (Fsp3) is 0.375. The summed E-state index contributed by atoms with van der Waals surface area (Å²) in [5.41, 5.74) is 2.20. The van der Waals surface area contributed by atoms with Gasteiger partial charge in [0.15, 0.2) is 0 Å². The van der Waals surface area contributed by atoms with Crippen LogP contribution in [0, 0.1) is 5.92 Å². The van der Waals surface area contributed by atoms with E-state index in [-0.39, 0.29) is 11.8 Å². The number of amides is 1. The Morgan fingerprint density at radius 2 is 2.24 bits per heavy atom. The number of nitrogens with zero attached hydrogens (tertiary/aromatic N) is 1. The Morgan fingerprint density at radius 1 is 1.38 bits per heavy atom. The summed E-state index contributed by atoms with van der Waals surface area (Å²) < 4.78 is 5.56. The molecule has 0 saturated heterocycles. The summed E-state index contributed by atoms with van der Waals surface area (Å²) in [5, 5.41) is 2.95. The first-order chi connectivity index (χ1) is 10.3. The zero-order chi connectivity index (χ0) is 14.5. The molecule has 3 rings (SSSR count). The Bertz CT molecular complexity index is 595. The van der Waals surface area contributed by atoms with Gasteiger partial charge in [-0.05, 0) is 25.0 Å². The van der Waals surface area contributed by atoms with Gasteiger partial charge < -0.3 is 15.0 Å². The molecule has 2 aromatic rings. The number of hydrogen-bond donors (Lipinski definition) is 2. The third kappa shape index (κ3) is 3.42. The van der Waals surface area contributed by atoms with Gasteiger partial charge in [0.1, 0.15) is 12.4 Å². The molecular formula is C16H19N3O2. The molecular weight excluding hydrogens is 266 g/mol. The number of imidazole rings is 1. The number of benzene rings is 1. The number of para-hydroxylation sites is 1. The summed E-state index contributed by atoms with van der Waals surface area (Å²) in [6.07, 6.45) is 4.19. The lowest BCUT2D eigenvalue weighted by atomic mass is 9.89. The quantitative estimate of drug-likeness (QED) is 0.822. The van der Waals surface area contributed by atoms with E-state index in [0.29, 0.717) is 13.2 Å². The molecule has 5 nitrogen and oxygen atoms in total. The summed E-state index contributed by atoms with van der Waals surface area (Å²) in [6, 6.07) is 9.61. The van der Waals surface area contributed by atoms with Crippen LogP contribution in [0.4, 0.5) is 0 Å². The van der Waals surface area contributed by atoms with Crippen LogP contribution in [-0.4, -0.2) is 29.0 Å². The van der Waals surface area contributed by atoms with E-state index in [1.807, 2.05) is 30.3 Å². The molecule has 0 aliphatic heterocycles. The molecule has 0 radical (unpaired) electrons. The molecule has 110 valence electrons. The van der Waals surface area contributed by atoms with Crippen molar-refractivity contribution in [3.63, 3.8) is 0 Å². The van der Waals surface area contributed by atoms with E-state index in [2.05, 4.69) is 15.3 Å². The number of aryl methyl sites for hydroxylation is 1. The molecule has 1 heterocycles. The molecule has 1 unspecified atom stereocenters. The molecule has 0 saturated carbocycles. The standard InChI is InChI=1S/C16H19N3O2/c20-16(12-6-7-14-15(10-12)19-11-18-14)17-8-9-21-13-4-2-1-3-5-13/h1-5,11-12H,6-10H2,(H,17,20)(H,18,19). The SMILES string of the molecule is O=C(NCCOc1ccccc1)C1CCc2nc[nH]c2C1. The highest BCUT2D eigenvalue weighted by atomic mass is 16.5. The molecule has 1 aromatic heterocycles. The number of aromatic amines is 1. The van der Waals surface area contributed by atoms with Crippen molar-refractivity contribution in [1.82, 2.24) is 15.3 Å². The largest absolute Gasteiger partial charge is 0.492 e. The molecule has 1 amide bonds. The Balaban J connectivity index is 1.41. The number of aromatic nitrogens is 2. The lowest BCUT2D eigenvalue weighted by Crippen LogP contribution is -2.36. The van der Waals surface area contributed by atoms with Crippen LogP contribution in [0.3, 0.4) is 0 Å². The van der Waals surface area contributed by atoms with Crippen molar-refractivity contribution in [2.24, 2.45) is 5.92 Å². The van der Waals surface area contributed by atoms with E-state index in [0.717, 1.165) is 36.4 Å². The lowest BCUT2D eigenvalue weighted by Gasteiger charge is -2.20. The third-order valence-corrected chi connectivity index (χ3v) is 3.77. The number of rotatable bonds is 5. The fourth-order valence-electron chi connectivity index (χ4n) is 2.63. The van der Waals surface area contributed by atoms with Gasteiger partial charge in [-0.3, -0.25) is 4.79 Å². The Hall–Kier alpha value is -2.30. The van der Waals surface area contributed by atoms with E-state index in [9.17, 15) is 4.79 Å². The number of hydrogen-bond acceptors (Lipinski definition) is 3. The average molecular weight is 285 g/mol. The summed E-state index contributed by atoms with van der Waals surface area (Å²) in [5.74, 6) is 0.966. The van der Waals surface area contributed by atoms with Crippen LogP contribution in [0.2, 0.25) is 0 Å². The van der Waals surface area contributed by atoms with E-state index in [1.54, 1.807) is 6.33 Å². The highest BCUT2D eigenvalue weighted by Gasteiger charge is 2.25. The summed E-state index contributed by atoms with van der Waals surface area (Å²) >= 11 is 0. The van der Waals surface area contributed by atoms with Crippen LogP contribution in [0.15, 0.2) is 36.7 Å². The summed E-state index contributed by atoms with van der Waals surface area (Å²) in [6.45, 7) is 1.01. The van der Waals surface area contributed by atoms with Crippen molar-refractivity contribution < 1.29 is 9.53 Å². The van der Waals surface area contributed by atoms with E-state index in [1.165, 1.54) is 0 Å². The average Bonchev–Trinajstić information content (AvgIpc) is 3.00. The minimum absolute atomic E-state index is 0.0367. The van der Waals surface area contributed by atoms with Crippen molar-refractivity contribution >= 4 is 5.91 Å². The van der Waals surface area contributed by atoms with E-state index in [4.69, 9.17) is 4.74 Å². The molecule has 5 heteroatoms. The molecule has 21 heavy (non-hydrogen) atoms. The second-order valence-electron chi connectivity index (χ2n) is 5.22. The maximum absolute atomic E-state index is 12.1. The van der Waals surface area contributed by atoms with Gasteiger partial charge in [0, 0.05) is 18.0 Å². The Kier molecular flexibility index (Phi) is 4.19. The first-order valence-corrected chi connectivity index (χ1v) is 7.29. The second-order valence-corrected chi connectivity index (χ2v) is 5.22. The van der Waals surface area contributed by atoms with Crippen molar-refractivity contribution in [3.8, 4) is 5.75 Å². The van der Waals surface area contributed by atoms with E-state index < -0.39 is 0 Å². The van der Waals surface area contributed by atoms with Gasteiger partial charge in [-0.1, -0.05) is 18.2 Å². The number of ether oxygens (including phenoxy) is 1. The zero-order valence-corrected chi connectivity index (χ0v) is 11.8. The lowest BCUT2D eigenvalue weighted by molar-refractivity contribution is -0.125. The summed E-state index contributed by atoms with van der Waals surface area (Å²) in [7, 11) is 0. The van der Waals surface area contributed by atoms with Gasteiger partial charge >= 0.3 is 0 Å². The zero-order valence-electron chi connectivity index (χ0n) is 11.8. The van der Waals surface area contributed by atoms with Crippen LogP contribution in [0.1, 0.15) is 17.8 Å². The van der Waals surface area contributed by atoms with Gasteiger partial charge in [-0.25, -0.2) is 4.98 Å². The minimum Gasteiger partial charge on any atom is -0.492 e. The Labute approximate surface area is 123 Å². The second kappa shape index (κ2) is 6.43. The molecule has 0 fully saturated rings.